The van der Waals surface area contributed by atoms with Crippen molar-refractivity contribution in [3.63, 3.8) is 0 Å². The van der Waals surface area contributed by atoms with Gasteiger partial charge in [0.25, 0.3) is 0 Å². The lowest BCUT2D eigenvalue weighted by Gasteiger charge is -2.20. The second-order valence-corrected chi connectivity index (χ2v) is 7.04. The summed E-state index contributed by atoms with van der Waals surface area (Å²) in [5.41, 5.74) is 1.53. The molecule has 0 bridgehead atoms. The van der Waals surface area contributed by atoms with Crippen molar-refractivity contribution in [3.8, 4) is 0 Å². The zero-order chi connectivity index (χ0) is 15.2. The lowest BCUT2D eigenvalue weighted by molar-refractivity contribution is 0.281. The van der Waals surface area contributed by atoms with Gasteiger partial charge in [0.15, 0.2) is 0 Å². The van der Waals surface area contributed by atoms with Gasteiger partial charge in [0.2, 0.25) is 0 Å². The van der Waals surface area contributed by atoms with Crippen molar-refractivity contribution >= 4 is 21.4 Å². The quantitative estimate of drug-likeness (QED) is 0.765. The molecule has 1 aromatic carbocycles. The van der Waals surface area contributed by atoms with Gasteiger partial charge in [0.05, 0.1) is 0 Å². The number of fused-ring (bicyclic) bond motifs is 1. The van der Waals surface area contributed by atoms with E-state index in [1.54, 1.807) is 0 Å². The summed E-state index contributed by atoms with van der Waals surface area (Å²) in [6.07, 6.45) is 1.22. The number of nitrogens with zero attached hydrogens (tertiary/aromatic N) is 1. The van der Waals surface area contributed by atoms with Crippen LogP contribution in [0.25, 0.3) is 10.1 Å². The van der Waals surface area contributed by atoms with Crippen LogP contribution in [-0.4, -0.2) is 24.0 Å². The summed E-state index contributed by atoms with van der Waals surface area (Å²) in [6, 6.07) is 9.36. The summed E-state index contributed by atoms with van der Waals surface area (Å²) in [4.78, 5) is 4.05. The molecule has 0 saturated carbocycles. The second-order valence-electron chi connectivity index (χ2n) is 5.90. The van der Waals surface area contributed by atoms with Crippen molar-refractivity contribution in [2.75, 3.05) is 13.1 Å². The fraction of sp³-hybridized carbons (Fsp3) is 0.556. The molecule has 1 N–H and O–H groups in total. The Morgan fingerprint density at radius 3 is 2.62 bits per heavy atom. The highest BCUT2D eigenvalue weighted by Gasteiger charge is 2.14. The zero-order valence-electron chi connectivity index (χ0n) is 13.8. The third kappa shape index (κ3) is 4.29. The fourth-order valence-electron chi connectivity index (χ4n) is 2.65. The molecular formula is C18H28N2S. The highest BCUT2D eigenvalue weighted by Crippen LogP contribution is 2.32. The number of nitrogens with one attached hydrogen (secondary N) is 1. The molecule has 1 aromatic heterocycles. The van der Waals surface area contributed by atoms with E-state index in [-0.39, 0.29) is 0 Å². The molecule has 3 heteroatoms. The Balaban J connectivity index is 2.30. The average Bonchev–Trinajstić information content (AvgIpc) is 2.82. The molecule has 0 atom stereocenters. The molecule has 116 valence electrons. The van der Waals surface area contributed by atoms with Crippen LogP contribution in [0.3, 0.4) is 0 Å². The summed E-state index contributed by atoms with van der Waals surface area (Å²) < 4.78 is 1.42. The van der Waals surface area contributed by atoms with Crippen molar-refractivity contribution in [2.45, 2.75) is 53.2 Å². The molecule has 2 rings (SSSR count). The minimum atomic E-state index is 0.529. The van der Waals surface area contributed by atoms with Crippen LogP contribution >= 0.6 is 11.3 Å². The SMILES string of the molecule is CCCN(CC)Cc1c(CNC(C)C)sc2ccccc12. The van der Waals surface area contributed by atoms with Gasteiger partial charge in [-0.05, 0) is 36.5 Å². The van der Waals surface area contributed by atoms with Crippen LogP contribution < -0.4 is 5.32 Å². The first-order valence-corrected chi connectivity index (χ1v) is 8.92. The van der Waals surface area contributed by atoms with Gasteiger partial charge in [-0.15, -0.1) is 11.3 Å². The number of rotatable bonds is 8. The van der Waals surface area contributed by atoms with E-state index in [9.17, 15) is 0 Å². The minimum Gasteiger partial charge on any atom is -0.310 e. The normalized spacial score (nSPS) is 11.9. The maximum Gasteiger partial charge on any atom is 0.0349 e. The lowest BCUT2D eigenvalue weighted by atomic mass is 10.1. The summed E-state index contributed by atoms with van der Waals surface area (Å²) in [6.45, 7) is 13.3. The molecule has 21 heavy (non-hydrogen) atoms. The maximum atomic E-state index is 3.58. The molecule has 0 amide bonds. The van der Waals surface area contributed by atoms with Gasteiger partial charge >= 0.3 is 0 Å². The van der Waals surface area contributed by atoms with Gasteiger partial charge in [-0.25, -0.2) is 0 Å². The highest BCUT2D eigenvalue weighted by molar-refractivity contribution is 7.19. The first-order chi connectivity index (χ1) is 10.2. The Labute approximate surface area is 133 Å². The van der Waals surface area contributed by atoms with E-state index in [2.05, 4.69) is 62.2 Å². The molecule has 1 heterocycles. The van der Waals surface area contributed by atoms with Crippen LogP contribution in [0.2, 0.25) is 0 Å². The zero-order valence-corrected chi connectivity index (χ0v) is 14.6. The molecule has 0 aliphatic heterocycles. The summed E-state index contributed by atoms with van der Waals surface area (Å²) in [5.74, 6) is 0. The maximum absolute atomic E-state index is 3.58. The van der Waals surface area contributed by atoms with Crippen molar-refractivity contribution in [2.24, 2.45) is 0 Å². The molecule has 0 spiro atoms. The van der Waals surface area contributed by atoms with Gasteiger partial charge in [-0.1, -0.05) is 45.9 Å². The van der Waals surface area contributed by atoms with Crippen LogP contribution in [0, 0.1) is 0 Å². The molecule has 0 radical (unpaired) electrons. The number of hydrogen-bond acceptors (Lipinski definition) is 3. The topological polar surface area (TPSA) is 15.3 Å². The first kappa shape index (κ1) is 16.5. The van der Waals surface area contributed by atoms with Crippen LogP contribution in [0.15, 0.2) is 24.3 Å². The standard InChI is InChI=1S/C18H28N2S/c1-5-11-20(6-2)13-16-15-9-7-8-10-17(15)21-18(16)12-19-14(3)4/h7-10,14,19H,5-6,11-13H2,1-4H3. The van der Waals surface area contributed by atoms with Gasteiger partial charge in [-0.3, -0.25) is 4.90 Å². The Hall–Kier alpha value is -0.900. The molecule has 0 unspecified atom stereocenters. The Morgan fingerprint density at radius 2 is 1.95 bits per heavy atom. The molecule has 0 aliphatic carbocycles. The number of hydrogen-bond donors (Lipinski definition) is 1. The Morgan fingerprint density at radius 1 is 1.19 bits per heavy atom. The Kier molecular flexibility index (Phi) is 6.22. The van der Waals surface area contributed by atoms with E-state index in [0.717, 1.165) is 19.6 Å². The van der Waals surface area contributed by atoms with Crippen LogP contribution in [0.1, 0.15) is 44.6 Å². The van der Waals surface area contributed by atoms with Crippen LogP contribution in [0.5, 0.6) is 0 Å². The van der Waals surface area contributed by atoms with Crippen molar-refractivity contribution < 1.29 is 0 Å². The minimum absolute atomic E-state index is 0.529. The fourth-order valence-corrected chi connectivity index (χ4v) is 3.82. The third-order valence-electron chi connectivity index (χ3n) is 3.82. The highest BCUT2D eigenvalue weighted by atomic mass is 32.1. The lowest BCUT2D eigenvalue weighted by Crippen LogP contribution is -2.25. The van der Waals surface area contributed by atoms with E-state index in [1.807, 2.05) is 11.3 Å². The van der Waals surface area contributed by atoms with E-state index in [4.69, 9.17) is 0 Å². The smallest absolute Gasteiger partial charge is 0.0349 e. The summed E-state index contributed by atoms with van der Waals surface area (Å²) in [7, 11) is 0. The predicted octanol–water partition coefficient (Wildman–Crippen LogP) is 4.63. The monoisotopic (exact) mass is 304 g/mol. The van der Waals surface area contributed by atoms with E-state index in [0.29, 0.717) is 6.04 Å². The van der Waals surface area contributed by atoms with E-state index < -0.39 is 0 Å². The van der Waals surface area contributed by atoms with Crippen molar-refractivity contribution in [1.82, 2.24) is 10.2 Å². The Bertz CT molecular complexity index is 559. The van der Waals surface area contributed by atoms with Crippen molar-refractivity contribution in [3.05, 3.63) is 34.7 Å². The molecular weight excluding hydrogens is 276 g/mol. The first-order valence-electron chi connectivity index (χ1n) is 8.10. The van der Waals surface area contributed by atoms with Crippen LogP contribution in [0.4, 0.5) is 0 Å². The number of benzene rings is 1. The summed E-state index contributed by atoms with van der Waals surface area (Å²) >= 11 is 1.95. The molecule has 0 fully saturated rings. The van der Waals surface area contributed by atoms with Crippen LogP contribution in [-0.2, 0) is 13.1 Å². The molecule has 2 aromatic rings. The molecule has 2 nitrogen and oxygen atoms in total. The van der Waals surface area contributed by atoms with Gasteiger partial charge < -0.3 is 5.32 Å². The van der Waals surface area contributed by atoms with Gasteiger partial charge in [0.1, 0.15) is 0 Å². The second kappa shape index (κ2) is 7.92. The molecule has 0 aliphatic rings. The van der Waals surface area contributed by atoms with E-state index >= 15 is 0 Å². The average molecular weight is 305 g/mol. The van der Waals surface area contributed by atoms with E-state index in [1.165, 1.54) is 33.5 Å². The van der Waals surface area contributed by atoms with Crippen molar-refractivity contribution in [1.29, 1.82) is 0 Å². The number of thiophene rings is 1. The van der Waals surface area contributed by atoms with Gasteiger partial charge in [-0.2, -0.15) is 0 Å². The summed E-state index contributed by atoms with van der Waals surface area (Å²) in [5, 5.41) is 5.02. The predicted molar refractivity (Wildman–Crippen MR) is 95.0 cm³/mol. The molecule has 0 saturated heterocycles. The third-order valence-corrected chi connectivity index (χ3v) is 5.03. The van der Waals surface area contributed by atoms with Gasteiger partial charge in [0, 0.05) is 28.7 Å². The largest absolute Gasteiger partial charge is 0.310 e.